The number of hydrogen-bond acceptors (Lipinski definition) is 7. The van der Waals surface area contributed by atoms with Gasteiger partial charge in [-0.1, -0.05) is 42.1 Å². The van der Waals surface area contributed by atoms with E-state index in [4.69, 9.17) is 0 Å². The van der Waals surface area contributed by atoms with Crippen LogP contribution < -0.4 is 5.32 Å². The Kier molecular flexibility index (Phi) is 3.75. The number of benzene rings is 1. The quantitative estimate of drug-likeness (QED) is 0.751. The summed E-state index contributed by atoms with van der Waals surface area (Å²) in [6.45, 7) is 1.64. The number of fused-ring (bicyclic) bond motifs is 2. The highest BCUT2D eigenvalue weighted by Crippen LogP contribution is 2.31. The number of hydrogen-bond donors (Lipinski definition) is 1. The van der Waals surface area contributed by atoms with Crippen LogP contribution in [-0.2, 0) is 4.79 Å². The Balaban J connectivity index is 1.33. The summed E-state index contributed by atoms with van der Waals surface area (Å²) >= 11 is 3.08. The van der Waals surface area contributed by atoms with Crippen LogP contribution in [0.1, 0.15) is 6.42 Å². The Morgan fingerprint density at radius 1 is 1.27 bits per heavy atom. The molecule has 9 heteroatoms. The number of thiazole rings is 1. The van der Waals surface area contributed by atoms with Gasteiger partial charge in [-0.3, -0.25) is 15.1 Å². The van der Waals surface area contributed by atoms with Gasteiger partial charge in [-0.05, 0) is 5.41 Å². The highest BCUT2D eigenvalue weighted by Gasteiger charge is 2.27. The van der Waals surface area contributed by atoms with Gasteiger partial charge in [0.15, 0.2) is 5.17 Å². The normalized spacial score (nSPS) is 15.9. The Morgan fingerprint density at radius 3 is 3.04 bits per heavy atom. The van der Waals surface area contributed by atoms with Gasteiger partial charge >= 0.3 is 0 Å². The van der Waals surface area contributed by atoms with E-state index in [1.54, 1.807) is 16.3 Å². The molecule has 3 aromatic rings. The first-order valence-corrected chi connectivity index (χ1v) is 9.91. The largest absolute Gasteiger partial charge is 0.322 e. The van der Waals surface area contributed by atoms with Crippen LogP contribution in [0.15, 0.2) is 51.8 Å². The molecular weight excluding hydrogens is 368 g/mol. The number of nitrogens with zero attached hydrogens (tertiary/aromatic N) is 5. The van der Waals surface area contributed by atoms with Gasteiger partial charge in [-0.25, -0.2) is 4.52 Å². The van der Waals surface area contributed by atoms with Gasteiger partial charge < -0.3 is 4.90 Å². The van der Waals surface area contributed by atoms with E-state index in [-0.39, 0.29) is 5.91 Å². The number of amidine groups is 1. The average Bonchev–Trinajstić information content (AvgIpc) is 3.38. The number of aliphatic imine (C=N–C) groups is 1. The molecule has 0 radical (unpaired) electrons. The van der Waals surface area contributed by atoms with Crippen molar-refractivity contribution in [3.8, 4) is 11.3 Å². The molecule has 0 aliphatic carbocycles. The molecule has 0 fully saturated rings. The van der Waals surface area contributed by atoms with Gasteiger partial charge in [0.1, 0.15) is 0 Å². The molecule has 7 nitrogen and oxygen atoms in total. The summed E-state index contributed by atoms with van der Waals surface area (Å²) in [4.78, 5) is 24.1. The number of aromatic nitrogens is 3. The molecule has 0 spiro atoms. The molecule has 1 aromatic carbocycles. The Morgan fingerprint density at radius 2 is 2.15 bits per heavy atom. The fourth-order valence-corrected chi connectivity index (χ4v) is 4.78. The van der Waals surface area contributed by atoms with E-state index in [0.29, 0.717) is 12.4 Å². The van der Waals surface area contributed by atoms with E-state index in [1.807, 2.05) is 41.1 Å². The first-order chi connectivity index (χ1) is 12.8. The van der Waals surface area contributed by atoms with E-state index < -0.39 is 0 Å². The number of carbonyl (C=O) groups is 1. The number of amides is 1. The molecule has 0 saturated carbocycles. The minimum Gasteiger partial charge on any atom is -0.322 e. The summed E-state index contributed by atoms with van der Waals surface area (Å²) in [5.74, 6) is 0.213. The standard InChI is InChI=1S/C17H14N6OS2/c24-14(8-12-9-25-16-18-6-7-22(12)16)19-15-20-17-23(21-15)13(10-26-17)11-4-2-1-3-5-11/h1-5,9-10H,6-8H2,(H,19,21,24). The Labute approximate surface area is 157 Å². The number of thioether (sulfide) groups is 1. The molecule has 0 bridgehead atoms. The third kappa shape index (κ3) is 2.69. The van der Waals surface area contributed by atoms with E-state index in [9.17, 15) is 4.79 Å². The lowest BCUT2D eigenvalue weighted by Gasteiger charge is -2.15. The first-order valence-electron chi connectivity index (χ1n) is 8.15. The van der Waals surface area contributed by atoms with Gasteiger partial charge in [-0.15, -0.1) is 16.4 Å². The summed E-state index contributed by atoms with van der Waals surface area (Å²) in [5, 5.41) is 12.3. The second-order valence-electron chi connectivity index (χ2n) is 5.88. The van der Waals surface area contributed by atoms with Crippen molar-refractivity contribution in [2.75, 3.05) is 18.4 Å². The van der Waals surface area contributed by atoms with Crippen LogP contribution in [0.2, 0.25) is 0 Å². The second-order valence-corrected chi connectivity index (χ2v) is 7.56. The highest BCUT2D eigenvalue weighted by molar-refractivity contribution is 8.16. The first kappa shape index (κ1) is 15.6. The van der Waals surface area contributed by atoms with Gasteiger partial charge in [0.05, 0.1) is 18.7 Å². The minimum atomic E-state index is -0.121. The number of rotatable bonds is 4. The third-order valence-corrected chi connectivity index (χ3v) is 5.96. The number of anilines is 1. The van der Waals surface area contributed by atoms with Crippen molar-refractivity contribution in [1.82, 2.24) is 19.5 Å². The minimum absolute atomic E-state index is 0.121. The molecule has 0 saturated heterocycles. The van der Waals surface area contributed by atoms with Crippen molar-refractivity contribution in [1.29, 1.82) is 0 Å². The molecule has 0 atom stereocenters. The van der Waals surface area contributed by atoms with Crippen molar-refractivity contribution in [3.05, 3.63) is 46.8 Å². The molecule has 1 N–H and O–H groups in total. The van der Waals surface area contributed by atoms with E-state index in [1.165, 1.54) is 11.3 Å². The van der Waals surface area contributed by atoms with Crippen molar-refractivity contribution in [2.45, 2.75) is 6.42 Å². The molecule has 4 heterocycles. The predicted octanol–water partition coefficient (Wildman–Crippen LogP) is 3.05. The third-order valence-electron chi connectivity index (χ3n) is 4.19. The van der Waals surface area contributed by atoms with Crippen LogP contribution in [0.5, 0.6) is 0 Å². The highest BCUT2D eigenvalue weighted by atomic mass is 32.2. The van der Waals surface area contributed by atoms with Gasteiger partial charge in [0.25, 0.3) is 0 Å². The van der Waals surface area contributed by atoms with E-state index in [0.717, 1.165) is 40.2 Å². The van der Waals surface area contributed by atoms with E-state index in [2.05, 4.69) is 25.3 Å². The number of carbonyl (C=O) groups excluding carboxylic acids is 1. The van der Waals surface area contributed by atoms with Crippen molar-refractivity contribution < 1.29 is 4.79 Å². The van der Waals surface area contributed by atoms with Crippen LogP contribution in [0.4, 0.5) is 5.95 Å². The summed E-state index contributed by atoms with van der Waals surface area (Å²) in [5.41, 5.74) is 3.01. The number of nitrogens with one attached hydrogen (secondary N) is 1. The van der Waals surface area contributed by atoms with Crippen LogP contribution in [-0.4, -0.2) is 43.7 Å². The molecule has 0 unspecified atom stereocenters. The monoisotopic (exact) mass is 382 g/mol. The summed E-state index contributed by atoms with van der Waals surface area (Å²) in [6.07, 6.45) is 0.296. The molecule has 5 rings (SSSR count). The fourth-order valence-electron chi connectivity index (χ4n) is 2.99. The molecule has 2 aliphatic heterocycles. The topological polar surface area (TPSA) is 74.9 Å². The summed E-state index contributed by atoms with van der Waals surface area (Å²) in [7, 11) is 0. The zero-order chi connectivity index (χ0) is 17.5. The van der Waals surface area contributed by atoms with Gasteiger partial charge in [0.2, 0.25) is 16.8 Å². The van der Waals surface area contributed by atoms with Gasteiger partial charge in [0, 0.05) is 23.2 Å². The zero-order valence-electron chi connectivity index (χ0n) is 13.6. The maximum atomic E-state index is 12.4. The average molecular weight is 382 g/mol. The second kappa shape index (κ2) is 6.26. The smallest absolute Gasteiger partial charge is 0.250 e. The lowest BCUT2D eigenvalue weighted by molar-refractivity contribution is -0.115. The van der Waals surface area contributed by atoms with Gasteiger partial charge in [-0.2, -0.15) is 4.98 Å². The van der Waals surface area contributed by atoms with Crippen LogP contribution in [0.3, 0.4) is 0 Å². The van der Waals surface area contributed by atoms with E-state index >= 15 is 0 Å². The maximum absolute atomic E-state index is 12.4. The lowest BCUT2D eigenvalue weighted by Crippen LogP contribution is -2.24. The molecule has 1 amide bonds. The Hall–Kier alpha value is -2.65. The van der Waals surface area contributed by atoms with Crippen molar-refractivity contribution in [3.63, 3.8) is 0 Å². The molecule has 2 aliphatic rings. The van der Waals surface area contributed by atoms with Crippen LogP contribution >= 0.6 is 23.1 Å². The lowest BCUT2D eigenvalue weighted by atomic mass is 10.2. The van der Waals surface area contributed by atoms with Crippen molar-refractivity contribution >= 4 is 45.1 Å². The molecule has 130 valence electrons. The fraction of sp³-hybridized carbons (Fsp3) is 0.176. The van der Waals surface area contributed by atoms with Crippen LogP contribution in [0.25, 0.3) is 16.2 Å². The summed E-state index contributed by atoms with van der Waals surface area (Å²) in [6, 6.07) is 10.0. The molecular formula is C17H14N6OS2. The zero-order valence-corrected chi connectivity index (χ0v) is 15.3. The molecule has 26 heavy (non-hydrogen) atoms. The Bertz CT molecular complexity index is 1050. The molecule has 2 aromatic heterocycles. The SMILES string of the molecule is O=C(CC1=CSC2=NCCN12)Nc1nc2scc(-c3ccccc3)n2n1. The maximum Gasteiger partial charge on any atom is 0.250 e. The van der Waals surface area contributed by atoms with Crippen LogP contribution in [0, 0.1) is 0 Å². The predicted molar refractivity (Wildman–Crippen MR) is 104 cm³/mol. The van der Waals surface area contributed by atoms with Crippen molar-refractivity contribution in [2.24, 2.45) is 4.99 Å². The summed E-state index contributed by atoms with van der Waals surface area (Å²) < 4.78 is 1.77.